The second kappa shape index (κ2) is 4.44. The first-order valence-corrected chi connectivity index (χ1v) is 6.00. The Morgan fingerprint density at radius 3 is 2.69 bits per heavy atom. The number of aliphatic hydroxyl groups is 1. The molecular weight excluding hydrogens is 202 g/mol. The van der Waals surface area contributed by atoms with Crippen LogP contribution in [-0.4, -0.2) is 14.8 Å². The number of thiazole rings is 1. The van der Waals surface area contributed by atoms with E-state index in [0.29, 0.717) is 0 Å². The zero-order valence-corrected chi connectivity index (χ0v) is 9.84. The number of nitrogens with zero attached hydrogens (tertiary/aromatic N) is 1. The summed E-state index contributed by atoms with van der Waals surface area (Å²) in [6.45, 7) is 6.69. The lowest BCUT2D eigenvalue weighted by molar-refractivity contribution is 0.285. The molecule has 74 valence electrons. The van der Waals surface area contributed by atoms with Gasteiger partial charge in [0.25, 0.3) is 0 Å². The van der Waals surface area contributed by atoms with Crippen molar-refractivity contribution in [2.24, 2.45) is 0 Å². The lowest BCUT2D eigenvalue weighted by atomic mass is 10.3. The topological polar surface area (TPSA) is 33.1 Å². The number of hydrogen-bond donors (Lipinski definition) is 1. The lowest BCUT2D eigenvalue weighted by Crippen LogP contribution is -2.07. The van der Waals surface area contributed by atoms with Gasteiger partial charge in [0.2, 0.25) is 0 Å². The fourth-order valence-corrected chi connectivity index (χ4v) is 2.39. The minimum atomic E-state index is 0.109. The van der Waals surface area contributed by atoms with Gasteiger partial charge in [0, 0.05) is 16.7 Å². The zero-order valence-electron chi connectivity index (χ0n) is 8.20. The highest BCUT2D eigenvalue weighted by Gasteiger charge is 2.11. The van der Waals surface area contributed by atoms with Crippen molar-refractivity contribution in [1.82, 2.24) is 4.98 Å². The molecule has 0 radical (unpaired) electrons. The first-order valence-electron chi connectivity index (χ1n) is 4.19. The molecule has 0 bridgehead atoms. The Morgan fingerprint density at radius 1 is 1.54 bits per heavy atom. The summed E-state index contributed by atoms with van der Waals surface area (Å²) in [7, 11) is 0. The molecule has 2 nitrogen and oxygen atoms in total. The Kier molecular flexibility index (Phi) is 3.76. The second-order valence-electron chi connectivity index (χ2n) is 3.78. The highest BCUT2D eigenvalue weighted by atomic mass is 32.2. The van der Waals surface area contributed by atoms with Crippen molar-refractivity contribution in [3.8, 4) is 0 Å². The third kappa shape index (κ3) is 4.11. The molecule has 0 spiro atoms. The monoisotopic (exact) mass is 217 g/mol. The predicted octanol–water partition coefficient (Wildman–Crippen LogP) is 2.67. The van der Waals surface area contributed by atoms with Crippen LogP contribution in [0.3, 0.4) is 0 Å². The molecule has 1 aromatic heterocycles. The van der Waals surface area contributed by atoms with E-state index in [2.05, 4.69) is 25.8 Å². The van der Waals surface area contributed by atoms with Gasteiger partial charge in [-0.25, -0.2) is 4.98 Å². The van der Waals surface area contributed by atoms with Gasteiger partial charge in [-0.3, -0.25) is 0 Å². The summed E-state index contributed by atoms with van der Waals surface area (Å²) in [4.78, 5) is 5.18. The van der Waals surface area contributed by atoms with Crippen LogP contribution >= 0.6 is 23.1 Å². The summed E-state index contributed by atoms with van der Waals surface area (Å²) < 4.78 is 0.283. The van der Waals surface area contributed by atoms with Gasteiger partial charge in [0.05, 0.1) is 11.5 Å². The van der Waals surface area contributed by atoms with Crippen LogP contribution in [0, 0.1) is 0 Å². The molecule has 0 amide bonds. The summed E-state index contributed by atoms with van der Waals surface area (Å²) in [5, 5.41) is 9.94. The number of hydrogen-bond acceptors (Lipinski definition) is 4. The Bertz CT molecular complexity index is 265. The molecule has 1 heterocycles. The molecule has 1 N–H and O–H groups in total. The van der Waals surface area contributed by atoms with Crippen molar-refractivity contribution in [3.63, 3.8) is 0 Å². The maximum absolute atomic E-state index is 8.84. The van der Waals surface area contributed by atoms with Gasteiger partial charge in [-0.2, -0.15) is 0 Å². The maximum Gasteiger partial charge on any atom is 0.103 e. The van der Waals surface area contributed by atoms with Crippen molar-refractivity contribution < 1.29 is 5.11 Å². The molecule has 0 atom stereocenters. The first-order chi connectivity index (χ1) is 6.01. The van der Waals surface area contributed by atoms with E-state index < -0.39 is 0 Å². The van der Waals surface area contributed by atoms with Crippen molar-refractivity contribution in [1.29, 1.82) is 0 Å². The molecule has 1 rings (SSSR count). The molecule has 0 saturated carbocycles. The fraction of sp³-hybridized carbons (Fsp3) is 0.667. The molecule has 0 saturated heterocycles. The van der Waals surface area contributed by atoms with Crippen molar-refractivity contribution in [3.05, 3.63) is 16.1 Å². The summed E-state index contributed by atoms with van der Waals surface area (Å²) in [6, 6.07) is 0. The number of rotatable bonds is 3. The quantitative estimate of drug-likeness (QED) is 0.845. The van der Waals surface area contributed by atoms with Gasteiger partial charge in [-0.05, 0) is 0 Å². The average molecular weight is 217 g/mol. The van der Waals surface area contributed by atoms with Crippen molar-refractivity contribution >= 4 is 23.1 Å². The minimum absolute atomic E-state index is 0.109. The third-order valence-electron chi connectivity index (χ3n) is 1.39. The molecule has 4 heteroatoms. The van der Waals surface area contributed by atoms with Gasteiger partial charge in [0.15, 0.2) is 0 Å². The van der Waals surface area contributed by atoms with Crippen LogP contribution < -0.4 is 0 Å². The van der Waals surface area contributed by atoms with E-state index in [1.165, 1.54) is 0 Å². The highest BCUT2D eigenvalue weighted by molar-refractivity contribution is 7.99. The molecule has 0 fully saturated rings. The van der Waals surface area contributed by atoms with Crippen LogP contribution in [0.25, 0.3) is 0 Å². The highest BCUT2D eigenvalue weighted by Crippen LogP contribution is 2.28. The zero-order chi connectivity index (χ0) is 9.90. The summed E-state index contributed by atoms with van der Waals surface area (Å²) in [5.74, 6) is 0.939. The van der Waals surface area contributed by atoms with Crippen LogP contribution in [0.4, 0.5) is 0 Å². The van der Waals surface area contributed by atoms with Crippen LogP contribution in [-0.2, 0) is 12.4 Å². The largest absolute Gasteiger partial charge is 0.391 e. The standard InChI is InChI=1S/C9H15NOS2/c1-9(2,3)12-6-8-10-4-7(5-11)13-8/h4,11H,5-6H2,1-3H3. The Labute approximate surface area is 87.4 Å². The Balaban J connectivity index is 2.46. The van der Waals surface area contributed by atoms with Crippen LogP contribution in [0.5, 0.6) is 0 Å². The smallest absolute Gasteiger partial charge is 0.103 e. The Hall–Kier alpha value is -0.0600. The molecule has 0 aliphatic carbocycles. The van der Waals surface area contributed by atoms with Crippen molar-refractivity contribution in [2.45, 2.75) is 37.9 Å². The van der Waals surface area contributed by atoms with Gasteiger partial charge in [-0.15, -0.1) is 23.1 Å². The number of aliphatic hydroxyl groups excluding tert-OH is 1. The SMILES string of the molecule is CC(C)(C)SCc1ncc(CO)s1. The lowest BCUT2D eigenvalue weighted by Gasteiger charge is -2.15. The number of aromatic nitrogens is 1. The van der Waals surface area contributed by atoms with E-state index in [1.807, 2.05) is 11.8 Å². The summed E-state index contributed by atoms with van der Waals surface area (Å²) in [6.07, 6.45) is 1.75. The van der Waals surface area contributed by atoms with E-state index in [9.17, 15) is 0 Å². The first kappa shape index (κ1) is 11.0. The normalized spacial score (nSPS) is 12.0. The van der Waals surface area contributed by atoms with E-state index in [-0.39, 0.29) is 11.4 Å². The fourth-order valence-electron chi connectivity index (χ4n) is 0.766. The molecule has 13 heavy (non-hydrogen) atoms. The molecule has 0 unspecified atom stereocenters. The molecular formula is C9H15NOS2. The van der Waals surface area contributed by atoms with Crippen molar-refractivity contribution in [2.75, 3.05) is 0 Å². The summed E-state index contributed by atoms with van der Waals surface area (Å²) >= 11 is 3.47. The summed E-state index contributed by atoms with van der Waals surface area (Å²) in [5.41, 5.74) is 0. The van der Waals surface area contributed by atoms with Gasteiger partial charge in [0.1, 0.15) is 5.01 Å². The average Bonchev–Trinajstić information content (AvgIpc) is 2.47. The van der Waals surface area contributed by atoms with Gasteiger partial charge >= 0.3 is 0 Å². The van der Waals surface area contributed by atoms with Crippen LogP contribution in [0.2, 0.25) is 0 Å². The van der Waals surface area contributed by atoms with Crippen LogP contribution in [0.15, 0.2) is 6.20 Å². The molecule has 0 aromatic carbocycles. The van der Waals surface area contributed by atoms with E-state index in [0.717, 1.165) is 15.6 Å². The van der Waals surface area contributed by atoms with E-state index in [1.54, 1.807) is 17.5 Å². The minimum Gasteiger partial charge on any atom is -0.391 e. The second-order valence-corrected chi connectivity index (χ2v) is 6.78. The van der Waals surface area contributed by atoms with E-state index >= 15 is 0 Å². The number of thioether (sulfide) groups is 1. The van der Waals surface area contributed by atoms with Gasteiger partial charge < -0.3 is 5.11 Å². The molecule has 0 aliphatic heterocycles. The van der Waals surface area contributed by atoms with Crippen LogP contribution in [0.1, 0.15) is 30.7 Å². The predicted molar refractivity (Wildman–Crippen MR) is 59.1 cm³/mol. The Morgan fingerprint density at radius 2 is 2.23 bits per heavy atom. The molecule has 0 aliphatic rings. The van der Waals surface area contributed by atoms with E-state index in [4.69, 9.17) is 5.11 Å². The van der Waals surface area contributed by atoms with Gasteiger partial charge in [-0.1, -0.05) is 20.8 Å². The third-order valence-corrected chi connectivity index (χ3v) is 3.83. The molecule has 1 aromatic rings. The maximum atomic E-state index is 8.84.